The highest BCUT2D eigenvalue weighted by molar-refractivity contribution is 5.13. The molecule has 0 saturated heterocycles. The minimum atomic E-state index is -0.271. The first-order valence-corrected chi connectivity index (χ1v) is 2.49. The lowest BCUT2D eigenvalue weighted by Gasteiger charge is -2.09. The van der Waals surface area contributed by atoms with Crippen LogP contribution in [0.25, 0.3) is 0 Å². The third kappa shape index (κ3) is 5.26. The Hall–Kier alpha value is -0.740. The highest BCUT2D eigenvalue weighted by Gasteiger charge is 2.01. The number of hydrogen-bond acceptors (Lipinski definition) is 1. The summed E-state index contributed by atoms with van der Waals surface area (Å²) in [5.74, 6) is 2.36. The third-order valence-corrected chi connectivity index (χ3v) is 0.609. The van der Waals surface area contributed by atoms with E-state index in [1.807, 2.05) is 13.8 Å². The molecule has 0 aromatic carbocycles. The maximum absolute atomic E-state index is 5.54. The van der Waals surface area contributed by atoms with Crippen molar-refractivity contribution in [2.24, 2.45) is 5.73 Å². The first-order chi connectivity index (χ1) is 3.56. The van der Waals surface area contributed by atoms with Gasteiger partial charge in [0.2, 0.25) is 0 Å². The molecule has 0 aliphatic carbocycles. The summed E-state index contributed by atoms with van der Waals surface area (Å²) < 4.78 is 0. The quantitative estimate of drug-likeness (QED) is 0.498. The van der Waals surface area contributed by atoms with Gasteiger partial charge in [0.15, 0.2) is 0 Å². The molecule has 0 heterocycles. The van der Waals surface area contributed by atoms with Crippen LogP contribution >= 0.6 is 0 Å². The second-order valence-electron chi connectivity index (χ2n) is 2.32. The van der Waals surface area contributed by atoms with Crippen LogP contribution in [0.2, 0.25) is 0 Å². The van der Waals surface area contributed by atoms with Crippen LogP contribution in [-0.4, -0.2) is 5.54 Å². The smallest absolute Gasteiger partial charge is 0.0290 e. The van der Waals surface area contributed by atoms with Crippen LogP contribution in [0.4, 0.5) is 0 Å². The van der Waals surface area contributed by atoms with E-state index in [1.165, 1.54) is 0 Å². The molecule has 0 aliphatic rings. The van der Waals surface area contributed by atoms with Gasteiger partial charge in [0.05, 0.1) is 0 Å². The standard InChI is InChI=1S/C7H11N/c1-4-5-6-7(2,3)8/h1,5-6H,8H2,2-3H3/b6-5+. The lowest BCUT2D eigenvalue weighted by atomic mass is 10.1. The van der Waals surface area contributed by atoms with Crippen LogP contribution in [-0.2, 0) is 0 Å². The van der Waals surface area contributed by atoms with Gasteiger partial charge in [-0.3, -0.25) is 0 Å². The molecule has 0 aromatic rings. The number of hydrogen-bond donors (Lipinski definition) is 1. The van der Waals surface area contributed by atoms with E-state index in [4.69, 9.17) is 12.2 Å². The van der Waals surface area contributed by atoms with Crippen molar-refractivity contribution in [3.8, 4) is 12.3 Å². The average molecular weight is 109 g/mol. The molecule has 0 unspecified atom stereocenters. The summed E-state index contributed by atoms with van der Waals surface area (Å²) in [5.41, 5.74) is 5.27. The second kappa shape index (κ2) is 2.54. The SMILES string of the molecule is C#C/C=C/C(C)(C)N. The van der Waals surface area contributed by atoms with Crippen molar-refractivity contribution in [3.63, 3.8) is 0 Å². The number of nitrogens with two attached hydrogens (primary N) is 1. The molecule has 0 atom stereocenters. The zero-order valence-electron chi connectivity index (χ0n) is 5.31. The predicted octanol–water partition coefficient (Wildman–Crippen LogP) is 0.913. The van der Waals surface area contributed by atoms with Crippen molar-refractivity contribution in [2.45, 2.75) is 19.4 Å². The summed E-state index contributed by atoms with van der Waals surface area (Å²) in [4.78, 5) is 0. The van der Waals surface area contributed by atoms with Crippen LogP contribution in [0.3, 0.4) is 0 Å². The van der Waals surface area contributed by atoms with Crippen LogP contribution < -0.4 is 5.73 Å². The fraction of sp³-hybridized carbons (Fsp3) is 0.429. The van der Waals surface area contributed by atoms with Crippen LogP contribution in [0.1, 0.15) is 13.8 Å². The van der Waals surface area contributed by atoms with Crippen LogP contribution in [0, 0.1) is 12.3 Å². The van der Waals surface area contributed by atoms with Gasteiger partial charge in [-0.05, 0) is 19.9 Å². The Balaban J connectivity index is 3.75. The number of allylic oxidation sites excluding steroid dienone is 1. The maximum Gasteiger partial charge on any atom is 0.0290 e. The average Bonchev–Trinajstić information content (AvgIpc) is 1.59. The summed E-state index contributed by atoms with van der Waals surface area (Å²) >= 11 is 0. The second-order valence-corrected chi connectivity index (χ2v) is 2.32. The number of terminal acetylenes is 1. The van der Waals surface area contributed by atoms with Crippen molar-refractivity contribution in [1.29, 1.82) is 0 Å². The highest BCUT2D eigenvalue weighted by atomic mass is 14.7. The molecule has 0 radical (unpaired) electrons. The van der Waals surface area contributed by atoms with E-state index >= 15 is 0 Å². The van der Waals surface area contributed by atoms with Gasteiger partial charge in [-0.1, -0.05) is 12.0 Å². The van der Waals surface area contributed by atoms with Gasteiger partial charge >= 0.3 is 0 Å². The minimum Gasteiger partial charge on any atom is -0.322 e. The Morgan fingerprint density at radius 1 is 1.62 bits per heavy atom. The monoisotopic (exact) mass is 109 g/mol. The van der Waals surface area contributed by atoms with E-state index < -0.39 is 0 Å². The van der Waals surface area contributed by atoms with Gasteiger partial charge in [-0.25, -0.2) is 0 Å². The molecule has 8 heavy (non-hydrogen) atoms. The molecule has 0 saturated carbocycles. The minimum absolute atomic E-state index is 0.271. The first-order valence-electron chi connectivity index (χ1n) is 2.49. The van der Waals surface area contributed by atoms with E-state index in [9.17, 15) is 0 Å². The highest BCUT2D eigenvalue weighted by Crippen LogP contribution is 1.96. The molecule has 0 rings (SSSR count). The molecule has 0 amide bonds. The molecule has 0 bridgehead atoms. The lowest BCUT2D eigenvalue weighted by Crippen LogP contribution is -2.28. The zero-order valence-corrected chi connectivity index (χ0v) is 5.31. The normalized spacial score (nSPS) is 11.8. The lowest BCUT2D eigenvalue weighted by molar-refractivity contribution is 0.654. The van der Waals surface area contributed by atoms with Crippen LogP contribution in [0.15, 0.2) is 12.2 Å². The fourth-order valence-corrected chi connectivity index (χ4v) is 0.263. The van der Waals surface area contributed by atoms with Crippen molar-refractivity contribution in [2.75, 3.05) is 0 Å². The molecule has 44 valence electrons. The van der Waals surface area contributed by atoms with Crippen LogP contribution in [0.5, 0.6) is 0 Å². The fourth-order valence-electron chi connectivity index (χ4n) is 0.263. The van der Waals surface area contributed by atoms with Gasteiger partial charge in [0.25, 0.3) is 0 Å². The predicted molar refractivity (Wildman–Crippen MR) is 36.2 cm³/mol. The Bertz CT molecular complexity index is 120. The molecular weight excluding hydrogens is 98.1 g/mol. The van der Waals surface area contributed by atoms with Crippen molar-refractivity contribution in [3.05, 3.63) is 12.2 Å². The Morgan fingerprint density at radius 2 is 2.12 bits per heavy atom. The molecule has 0 aliphatic heterocycles. The molecule has 1 nitrogen and oxygen atoms in total. The van der Waals surface area contributed by atoms with Gasteiger partial charge in [-0.15, -0.1) is 6.42 Å². The molecule has 0 aromatic heterocycles. The van der Waals surface area contributed by atoms with Gasteiger partial charge in [0.1, 0.15) is 0 Å². The summed E-state index contributed by atoms with van der Waals surface area (Å²) in [7, 11) is 0. The molecule has 0 fully saturated rings. The molecule has 2 N–H and O–H groups in total. The Labute approximate surface area is 50.6 Å². The van der Waals surface area contributed by atoms with Crippen molar-refractivity contribution >= 4 is 0 Å². The van der Waals surface area contributed by atoms with E-state index in [1.54, 1.807) is 12.2 Å². The molecule has 0 spiro atoms. The Kier molecular flexibility index (Phi) is 2.30. The van der Waals surface area contributed by atoms with E-state index in [2.05, 4.69) is 5.92 Å². The van der Waals surface area contributed by atoms with Crippen molar-refractivity contribution in [1.82, 2.24) is 0 Å². The van der Waals surface area contributed by atoms with Gasteiger partial charge in [-0.2, -0.15) is 0 Å². The summed E-state index contributed by atoms with van der Waals surface area (Å²) in [6.07, 6.45) is 8.34. The summed E-state index contributed by atoms with van der Waals surface area (Å²) in [6, 6.07) is 0. The van der Waals surface area contributed by atoms with Gasteiger partial charge in [0, 0.05) is 5.54 Å². The largest absolute Gasteiger partial charge is 0.322 e. The van der Waals surface area contributed by atoms with E-state index in [-0.39, 0.29) is 5.54 Å². The molecule has 1 heteroatoms. The summed E-state index contributed by atoms with van der Waals surface area (Å²) in [6.45, 7) is 3.78. The topological polar surface area (TPSA) is 26.0 Å². The maximum atomic E-state index is 5.54. The number of rotatable bonds is 1. The first kappa shape index (κ1) is 7.26. The summed E-state index contributed by atoms with van der Waals surface area (Å²) in [5, 5.41) is 0. The van der Waals surface area contributed by atoms with Gasteiger partial charge < -0.3 is 5.73 Å². The van der Waals surface area contributed by atoms with E-state index in [0.717, 1.165) is 0 Å². The Morgan fingerprint density at radius 3 is 2.25 bits per heavy atom. The zero-order chi connectivity index (χ0) is 6.62. The van der Waals surface area contributed by atoms with E-state index in [0.29, 0.717) is 0 Å². The van der Waals surface area contributed by atoms with Crippen molar-refractivity contribution < 1.29 is 0 Å². The third-order valence-electron chi connectivity index (χ3n) is 0.609. The molecular formula is C7H11N.